The molecular formula is C10H10FNS. The summed E-state index contributed by atoms with van der Waals surface area (Å²) in [4.78, 5) is 0.415. The second-order valence-corrected chi connectivity index (χ2v) is 2.89. The zero-order valence-corrected chi connectivity index (χ0v) is 7.90. The molecule has 1 aromatic rings. The maximum Gasteiger partial charge on any atom is 0.133 e. The van der Waals surface area contributed by atoms with E-state index in [0.717, 1.165) is 0 Å². The molecule has 0 bridgehead atoms. The first-order chi connectivity index (χ1) is 6.25. The summed E-state index contributed by atoms with van der Waals surface area (Å²) in [6, 6.07) is 6.42. The molecule has 0 atom stereocenters. The molecule has 0 unspecified atom stereocenters. The maximum atomic E-state index is 13.1. The van der Waals surface area contributed by atoms with Crippen molar-refractivity contribution in [2.75, 3.05) is 6.54 Å². The van der Waals surface area contributed by atoms with Crippen LogP contribution in [-0.2, 0) is 0 Å². The van der Waals surface area contributed by atoms with Crippen molar-refractivity contribution in [2.24, 2.45) is 0 Å². The zero-order valence-electron chi connectivity index (χ0n) is 7.09. The Labute approximate surface area is 82.3 Å². The molecule has 1 aromatic carbocycles. The number of nitrogens with one attached hydrogen (secondary N) is 1. The predicted octanol–water partition coefficient (Wildman–Crippen LogP) is 2.28. The lowest BCUT2D eigenvalue weighted by Crippen LogP contribution is -2.22. The number of rotatable bonds is 3. The van der Waals surface area contributed by atoms with E-state index in [4.69, 9.17) is 12.2 Å². The molecule has 0 aliphatic rings. The molecule has 0 aliphatic heterocycles. The first kappa shape index (κ1) is 9.86. The predicted molar refractivity (Wildman–Crippen MR) is 56.3 cm³/mol. The molecule has 13 heavy (non-hydrogen) atoms. The van der Waals surface area contributed by atoms with Gasteiger partial charge in [0.25, 0.3) is 0 Å². The number of hydrogen-bond acceptors (Lipinski definition) is 1. The minimum Gasteiger partial charge on any atom is -0.372 e. The van der Waals surface area contributed by atoms with Crippen LogP contribution in [0.4, 0.5) is 4.39 Å². The van der Waals surface area contributed by atoms with E-state index in [9.17, 15) is 4.39 Å². The molecule has 0 aliphatic carbocycles. The van der Waals surface area contributed by atoms with Crippen molar-refractivity contribution in [1.29, 1.82) is 0 Å². The van der Waals surface area contributed by atoms with Crippen LogP contribution in [0, 0.1) is 5.82 Å². The summed E-state index contributed by atoms with van der Waals surface area (Å²) in [6.07, 6.45) is 1.67. The molecule has 3 heteroatoms. The average Bonchev–Trinajstić information content (AvgIpc) is 2.15. The summed E-state index contributed by atoms with van der Waals surface area (Å²) < 4.78 is 13.1. The highest BCUT2D eigenvalue weighted by atomic mass is 32.1. The third-order valence-electron chi connectivity index (χ3n) is 1.53. The van der Waals surface area contributed by atoms with Crippen molar-refractivity contribution >= 4 is 17.2 Å². The van der Waals surface area contributed by atoms with Crippen molar-refractivity contribution in [2.45, 2.75) is 0 Å². The molecule has 68 valence electrons. The van der Waals surface area contributed by atoms with Gasteiger partial charge in [0, 0.05) is 12.1 Å². The summed E-state index contributed by atoms with van der Waals surface area (Å²) in [5, 5.41) is 2.86. The van der Waals surface area contributed by atoms with E-state index < -0.39 is 0 Å². The van der Waals surface area contributed by atoms with Gasteiger partial charge in [-0.1, -0.05) is 30.4 Å². The highest BCUT2D eigenvalue weighted by Crippen LogP contribution is 2.06. The maximum absolute atomic E-state index is 13.1. The number of thiocarbonyl (C=S) groups is 1. The Hall–Kier alpha value is -1.22. The normalized spacial score (nSPS) is 9.31. The van der Waals surface area contributed by atoms with Gasteiger partial charge in [-0.25, -0.2) is 4.39 Å². The lowest BCUT2D eigenvalue weighted by atomic mass is 10.2. The van der Waals surface area contributed by atoms with Gasteiger partial charge in [0.15, 0.2) is 0 Å². The fraction of sp³-hybridized carbons (Fsp3) is 0.100. The zero-order chi connectivity index (χ0) is 9.68. The summed E-state index contributed by atoms with van der Waals surface area (Å²) >= 11 is 4.97. The highest BCUT2D eigenvalue weighted by Gasteiger charge is 2.04. The third-order valence-corrected chi connectivity index (χ3v) is 1.89. The summed E-state index contributed by atoms with van der Waals surface area (Å²) in [7, 11) is 0. The quantitative estimate of drug-likeness (QED) is 0.586. The van der Waals surface area contributed by atoms with Crippen LogP contribution < -0.4 is 5.32 Å². The van der Waals surface area contributed by atoms with Crippen molar-refractivity contribution < 1.29 is 4.39 Å². The van der Waals surface area contributed by atoms with Crippen LogP contribution in [0.5, 0.6) is 0 Å². The van der Waals surface area contributed by atoms with Crippen molar-refractivity contribution in [3.05, 3.63) is 48.3 Å². The molecule has 0 saturated carbocycles. The molecule has 1 rings (SSSR count). The Balaban J connectivity index is 2.76. The molecule has 0 fully saturated rings. The van der Waals surface area contributed by atoms with Gasteiger partial charge in [-0.15, -0.1) is 6.58 Å². The standard InChI is InChI=1S/C10H10FNS/c1-2-7-12-10(13)8-5-3-4-6-9(8)11/h2-6H,1,7H2,(H,12,13). The van der Waals surface area contributed by atoms with Crippen molar-refractivity contribution in [3.8, 4) is 0 Å². The third kappa shape index (κ3) is 2.63. The molecule has 0 spiro atoms. The first-order valence-electron chi connectivity index (χ1n) is 3.89. The number of halogens is 1. The van der Waals surface area contributed by atoms with Gasteiger partial charge < -0.3 is 5.32 Å². The molecular weight excluding hydrogens is 185 g/mol. The molecule has 0 amide bonds. The van der Waals surface area contributed by atoms with Crippen LogP contribution in [0.2, 0.25) is 0 Å². The second kappa shape index (κ2) is 4.72. The fourth-order valence-electron chi connectivity index (χ4n) is 0.905. The average molecular weight is 195 g/mol. The van der Waals surface area contributed by atoms with Crippen LogP contribution in [0.3, 0.4) is 0 Å². The van der Waals surface area contributed by atoms with Gasteiger partial charge in [-0.05, 0) is 12.1 Å². The van der Waals surface area contributed by atoms with Crippen LogP contribution in [0.1, 0.15) is 5.56 Å². The molecule has 1 nitrogen and oxygen atoms in total. The van der Waals surface area contributed by atoms with E-state index in [0.29, 0.717) is 17.1 Å². The van der Waals surface area contributed by atoms with Crippen LogP contribution in [0.25, 0.3) is 0 Å². The monoisotopic (exact) mass is 195 g/mol. The van der Waals surface area contributed by atoms with Crippen LogP contribution in [-0.4, -0.2) is 11.5 Å². The van der Waals surface area contributed by atoms with Gasteiger partial charge in [0.2, 0.25) is 0 Å². The van der Waals surface area contributed by atoms with Crippen molar-refractivity contribution in [3.63, 3.8) is 0 Å². The van der Waals surface area contributed by atoms with Gasteiger partial charge >= 0.3 is 0 Å². The molecule has 0 saturated heterocycles. The Morgan fingerprint density at radius 3 is 2.85 bits per heavy atom. The minimum atomic E-state index is -0.302. The Morgan fingerprint density at radius 1 is 1.54 bits per heavy atom. The van der Waals surface area contributed by atoms with E-state index in [2.05, 4.69) is 11.9 Å². The van der Waals surface area contributed by atoms with Gasteiger partial charge in [0.05, 0.1) is 0 Å². The van der Waals surface area contributed by atoms with Crippen LogP contribution in [0.15, 0.2) is 36.9 Å². The smallest absolute Gasteiger partial charge is 0.133 e. The SMILES string of the molecule is C=CCNC(=S)c1ccccc1F. The molecule has 1 N–H and O–H groups in total. The molecule has 0 heterocycles. The van der Waals surface area contributed by atoms with Gasteiger partial charge in [-0.2, -0.15) is 0 Å². The van der Waals surface area contributed by atoms with Crippen LogP contribution >= 0.6 is 12.2 Å². The van der Waals surface area contributed by atoms with Gasteiger partial charge in [0.1, 0.15) is 10.8 Å². The summed E-state index contributed by atoms with van der Waals surface area (Å²) in [6.45, 7) is 4.08. The molecule has 0 aromatic heterocycles. The van der Waals surface area contributed by atoms with E-state index in [-0.39, 0.29) is 5.82 Å². The second-order valence-electron chi connectivity index (χ2n) is 2.48. The number of benzene rings is 1. The Bertz CT molecular complexity index is 322. The largest absolute Gasteiger partial charge is 0.372 e. The van der Waals surface area contributed by atoms with E-state index in [1.165, 1.54) is 6.07 Å². The summed E-state index contributed by atoms with van der Waals surface area (Å²) in [5.41, 5.74) is 0.430. The van der Waals surface area contributed by atoms with E-state index in [1.54, 1.807) is 24.3 Å². The van der Waals surface area contributed by atoms with Gasteiger partial charge in [-0.3, -0.25) is 0 Å². The Morgan fingerprint density at radius 2 is 2.23 bits per heavy atom. The lowest BCUT2D eigenvalue weighted by Gasteiger charge is -2.05. The van der Waals surface area contributed by atoms with E-state index in [1.807, 2.05) is 0 Å². The number of hydrogen-bond donors (Lipinski definition) is 1. The molecule has 0 radical (unpaired) electrons. The van der Waals surface area contributed by atoms with Crippen molar-refractivity contribution in [1.82, 2.24) is 5.32 Å². The Kier molecular flexibility index (Phi) is 3.58. The highest BCUT2D eigenvalue weighted by molar-refractivity contribution is 7.80. The lowest BCUT2D eigenvalue weighted by molar-refractivity contribution is 0.625. The minimum absolute atomic E-state index is 0.302. The van der Waals surface area contributed by atoms with E-state index >= 15 is 0 Å². The topological polar surface area (TPSA) is 12.0 Å². The summed E-state index contributed by atoms with van der Waals surface area (Å²) in [5.74, 6) is -0.302. The fourth-order valence-corrected chi connectivity index (χ4v) is 1.15. The first-order valence-corrected chi connectivity index (χ1v) is 4.30.